The van der Waals surface area contributed by atoms with Crippen LogP contribution in [0.4, 0.5) is 0 Å². The Morgan fingerprint density at radius 1 is 1.23 bits per heavy atom. The highest BCUT2D eigenvalue weighted by Crippen LogP contribution is 2.38. The van der Waals surface area contributed by atoms with E-state index in [0.717, 1.165) is 22.6 Å². The van der Waals surface area contributed by atoms with Crippen molar-refractivity contribution in [3.8, 4) is 0 Å². The van der Waals surface area contributed by atoms with Crippen LogP contribution in [0.5, 0.6) is 0 Å². The molecular weight excluding hydrogens is 406 g/mol. The van der Waals surface area contributed by atoms with Crippen LogP contribution < -0.4 is 4.72 Å². The summed E-state index contributed by atoms with van der Waals surface area (Å²) in [7, 11) is -3.60. The fourth-order valence-electron chi connectivity index (χ4n) is 2.40. The Morgan fingerprint density at radius 3 is 2.77 bits per heavy atom. The molecule has 1 aliphatic rings. The molecule has 1 N–H and O–H groups in total. The summed E-state index contributed by atoms with van der Waals surface area (Å²) in [5, 5.41) is 0.617. The second-order valence-electron chi connectivity index (χ2n) is 4.92. The molecule has 0 unspecified atom stereocenters. The molecule has 0 bridgehead atoms. The van der Waals surface area contributed by atoms with Crippen molar-refractivity contribution in [3.63, 3.8) is 0 Å². The van der Waals surface area contributed by atoms with Crippen molar-refractivity contribution >= 4 is 49.3 Å². The largest absolute Gasteiger partial charge is 0.242 e. The summed E-state index contributed by atoms with van der Waals surface area (Å²) in [4.78, 5) is 1.33. The van der Waals surface area contributed by atoms with Gasteiger partial charge in [-0.2, -0.15) is 0 Å². The second-order valence-corrected chi connectivity index (χ2v) is 9.03. The lowest BCUT2D eigenvalue weighted by atomic mass is 10.1. The van der Waals surface area contributed by atoms with Crippen molar-refractivity contribution in [2.45, 2.75) is 22.3 Å². The molecule has 3 rings (SSSR count). The molecule has 1 atom stereocenters. The molecule has 0 fully saturated rings. The molecule has 0 spiro atoms. The minimum atomic E-state index is -3.60. The van der Waals surface area contributed by atoms with E-state index in [9.17, 15) is 8.42 Å². The smallest absolute Gasteiger partial charge is 0.207 e. The maximum atomic E-state index is 12.6. The Labute approximate surface area is 147 Å². The number of nitrogens with one attached hydrogen (secondary N) is 1. The summed E-state index contributed by atoms with van der Waals surface area (Å²) in [6, 6.07) is 12.2. The number of sulfonamides is 1. The summed E-state index contributed by atoms with van der Waals surface area (Å²) in [5.74, 6) is 0.873. The lowest BCUT2D eigenvalue weighted by Gasteiger charge is -2.26. The fraction of sp³-hybridized carbons (Fsp3) is 0.200. The zero-order valence-electron chi connectivity index (χ0n) is 11.4. The number of hydrogen-bond donors (Lipinski definition) is 1. The summed E-state index contributed by atoms with van der Waals surface area (Å²) < 4.78 is 28.6. The molecule has 0 saturated carbocycles. The number of fused-ring (bicyclic) bond motifs is 1. The van der Waals surface area contributed by atoms with Crippen LogP contribution >= 0.6 is 39.3 Å². The van der Waals surface area contributed by atoms with Crippen LogP contribution in [-0.2, 0) is 10.0 Å². The van der Waals surface area contributed by atoms with Gasteiger partial charge in [-0.3, -0.25) is 0 Å². The third-order valence-corrected chi connectivity index (χ3v) is 7.28. The third kappa shape index (κ3) is 3.36. The van der Waals surface area contributed by atoms with Crippen LogP contribution in [0, 0.1) is 0 Å². The molecule has 0 aromatic heterocycles. The lowest BCUT2D eigenvalue weighted by molar-refractivity contribution is 0.545. The van der Waals surface area contributed by atoms with Crippen molar-refractivity contribution in [1.82, 2.24) is 4.72 Å². The van der Waals surface area contributed by atoms with Crippen molar-refractivity contribution in [1.29, 1.82) is 0 Å². The summed E-state index contributed by atoms with van der Waals surface area (Å²) >= 11 is 11.1. The van der Waals surface area contributed by atoms with Gasteiger partial charge in [-0.15, -0.1) is 11.8 Å². The van der Waals surface area contributed by atoms with E-state index in [-0.39, 0.29) is 10.9 Å². The predicted octanol–water partition coefficient (Wildman–Crippen LogP) is 4.62. The van der Waals surface area contributed by atoms with Crippen LogP contribution in [0.3, 0.4) is 0 Å². The molecule has 1 heterocycles. The van der Waals surface area contributed by atoms with Gasteiger partial charge in [0.25, 0.3) is 0 Å². The van der Waals surface area contributed by atoms with E-state index in [1.807, 2.05) is 18.2 Å². The molecule has 0 radical (unpaired) electrons. The molecular formula is C15H13BrClNO2S2. The maximum absolute atomic E-state index is 12.6. The molecule has 2 aromatic carbocycles. The van der Waals surface area contributed by atoms with Gasteiger partial charge in [0.1, 0.15) is 0 Å². The molecule has 22 heavy (non-hydrogen) atoms. The highest BCUT2D eigenvalue weighted by Gasteiger charge is 2.27. The molecule has 2 aromatic rings. The first-order chi connectivity index (χ1) is 10.5. The van der Waals surface area contributed by atoms with Gasteiger partial charge in [0.15, 0.2) is 0 Å². The van der Waals surface area contributed by atoms with Crippen LogP contribution in [-0.4, -0.2) is 14.2 Å². The topological polar surface area (TPSA) is 46.2 Å². The summed E-state index contributed by atoms with van der Waals surface area (Å²) in [6.45, 7) is 0. The highest BCUT2D eigenvalue weighted by molar-refractivity contribution is 9.10. The zero-order valence-corrected chi connectivity index (χ0v) is 15.4. The zero-order chi connectivity index (χ0) is 15.7. The highest BCUT2D eigenvalue weighted by atomic mass is 79.9. The van der Waals surface area contributed by atoms with Gasteiger partial charge in [-0.25, -0.2) is 13.1 Å². The SMILES string of the molecule is O=S(=O)(N[C@@H]1CCSc2ccc(Cl)cc21)c1ccccc1Br. The first kappa shape index (κ1) is 16.3. The van der Waals surface area contributed by atoms with Crippen molar-refractivity contribution < 1.29 is 8.42 Å². The summed E-state index contributed by atoms with van der Waals surface area (Å²) in [6.07, 6.45) is 0.738. The van der Waals surface area contributed by atoms with Crippen molar-refractivity contribution in [2.75, 3.05) is 5.75 Å². The van der Waals surface area contributed by atoms with E-state index in [0.29, 0.717) is 9.50 Å². The fourth-order valence-corrected chi connectivity index (χ4v) is 5.94. The molecule has 1 aliphatic heterocycles. The van der Waals surface area contributed by atoms with Gasteiger partial charge in [0, 0.05) is 20.4 Å². The minimum absolute atomic E-state index is 0.247. The molecule has 116 valence electrons. The molecule has 0 aliphatic carbocycles. The van der Waals surface area contributed by atoms with E-state index >= 15 is 0 Å². The molecule has 7 heteroatoms. The monoisotopic (exact) mass is 417 g/mol. The van der Waals surface area contributed by atoms with Gasteiger partial charge in [0.2, 0.25) is 10.0 Å². The Balaban J connectivity index is 1.95. The normalized spacial score (nSPS) is 18.0. The van der Waals surface area contributed by atoms with Gasteiger partial charge >= 0.3 is 0 Å². The first-order valence-corrected chi connectivity index (χ1v) is 10.3. The minimum Gasteiger partial charge on any atom is -0.207 e. The lowest BCUT2D eigenvalue weighted by Crippen LogP contribution is -2.31. The number of benzene rings is 2. The van der Waals surface area contributed by atoms with E-state index in [1.54, 1.807) is 36.0 Å². The van der Waals surface area contributed by atoms with E-state index < -0.39 is 10.0 Å². The number of halogens is 2. The van der Waals surface area contributed by atoms with Gasteiger partial charge in [-0.1, -0.05) is 23.7 Å². The van der Waals surface area contributed by atoms with Gasteiger partial charge < -0.3 is 0 Å². The number of rotatable bonds is 3. The van der Waals surface area contributed by atoms with Crippen LogP contribution in [0.25, 0.3) is 0 Å². The van der Waals surface area contributed by atoms with Crippen molar-refractivity contribution in [3.05, 3.63) is 57.5 Å². The summed E-state index contributed by atoms with van der Waals surface area (Å²) in [5.41, 5.74) is 0.944. The second kappa shape index (κ2) is 6.53. The molecule has 0 saturated heterocycles. The van der Waals surface area contributed by atoms with E-state index in [2.05, 4.69) is 20.7 Å². The van der Waals surface area contributed by atoms with Gasteiger partial charge in [0.05, 0.1) is 4.90 Å². The standard InChI is InChI=1S/C15H13BrClNO2S2/c16-12-3-1-2-4-15(12)22(19,20)18-13-7-8-21-14-6-5-10(17)9-11(13)14/h1-6,9,13,18H,7-8H2/t13-/m1/s1. The molecule has 3 nitrogen and oxygen atoms in total. The Bertz CT molecular complexity index is 811. The Hall–Kier alpha value is -0.530. The average Bonchev–Trinajstić information content (AvgIpc) is 2.48. The van der Waals surface area contributed by atoms with Crippen LogP contribution in [0.15, 0.2) is 56.7 Å². The predicted molar refractivity (Wildman–Crippen MR) is 94.0 cm³/mol. The van der Waals surface area contributed by atoms with E-state index in [4.69, 9.17) is 11.6 Å². The first-order valence-electron chi connectivity index (χ1n) is 6.66. The average molecular weight is 419 g/mol. The number of thioether (sulfide) groups is 1. The van der Waals surface area contributed by atoms with E-state index in [1.165, 1.54) is 0 Å². The van der Waals surface area contributed by atoms with Crippen LogP contribution in [0.1, 0.15) is 18.0 Å². The third-order valence-electron chi connectivity index (χ3n) is 3.43. The van der Waals surface area contributed by atoms with Crippen LogP contribution in [0.2, 0.25) is 5.02 Å². The number of hydrogen-bond acceptors (Lipinski definition) is 3. The molecule has 0 amide bonds. The maximum Gasteiger partial charge on any atom is 0.242 e. The Morgan fingerprint density at radius 2 is 2.00 bits per heavy atom. The van der Waals surface area contributed by atoms with Gasteiger partial charge in [-0.05, 0) is 64.0 Å². The van der Waals surface area contributed by atoms with Crippen molar-refractivity contribution in [2.24, 2.45) is 0 Å². The quantitative estimate of drug-likeness (QED) is 0.791. The Kier molecular flexibility index (Phi) is 4.85.